The summed E-state index contributed by atoms with van der Waals surface area (Å²) < 4.78 is 7.57. The second-order valence-electron chi connectivity index (χ2n) is 9.74. The molecule has 0 aliphatic carbocycles. The average molecular weight is 544 g/mol. The number of ether oxygens (including phenoxy) is 1. The monoisotopic (exact) mass is 543 g/mol. The number of fused-ring (bicyclic) bond motifs is 1. The summed E-state index contributed by atoms with van der Waals surface area (Å²) in [6, 6.07) is 34.5. The van der Waals surface area contributed by atoms with Crippen molar-refractivity contribution < 1.29 is 9.53 Å². The van der Waals surface area contributed by atoms with Gasteiger partial charge in [0, 0.05) is 16.8 Å². The van der Waals surface area contributed by atoms with Gasteiger partial charge in [0.25, 0.3) is 5.91 Å². The molecule has 0 atom stereocenters. The van der Waals surface area contributed by atoms with Crippen molar-refractivity contribution in [2.24, 2.45) is 4.99 Å². The zero-order valence-corrected chi connectivity index (χ0v) is 23.5. The van der Waals surface area contributed by atoms with E-state index in [0.717, 1.165) is 39.6 Å². The second kappa shape index (κ2) is 10.9. The van der Waals surface area contributed by atoms with Crippen LogP contribution in [0.4, 0.5) is 5.69 Å². The molecule has 0 unspecified atom stereocenters. The third-order valence-electron chi connectivity index (χ3n) is 7.13. The van der Waals surface area contributed by atoms with Crippen molar-refractivity contribution in [2.45, 2.75) is 20.4 Å². The van der Waals surface area contributed by atoms with Crippen LogP contribution in [-0.4, -0.2) is 27.7 Å². The smallest absolute Gasteiger partial charge is 0.267 e. The SMILES string of the molecule is COc1ccc(CN2C(=O)/C(=C\c3cc(C)n(-c4cccc5ccccc45)c3C)SC2=Nc2ccccc2)cc1. The zero-order chi connectivity index (χ0) is 27.6. The Morgan fingerprint density at radius 2 is 1.60 bits per heavy atom. The number of carbonyl (C=O) groups is 1. The number of amides is 1. The Morgan fingerprint density at radius 3 is 2.38 bits per heavy atom. The van der Waals surface area contributed by atoms with Crippen molar-refractivity contribution >= 4 is 45.4 Å². The summed E-state index contributed by atoms with van der Waals surface area (Å²) in [5, 5.41) is 3.06. The van der Waals surface area contributed by atoms with Gasteiger partial charge in [-0.15, -0.1) is 0 Å². The average Bonchev–Trinajstić information content (AvgIpc) is 3.42. The van der Waals surface area contributed by atoms with E-state index in [2.05, 4.69) is 66.9 Å². The van der Waals surface area contributed by atoms with Gasteiger partial charge in [0.15, 0.2) is 5.17 Å². The lowest BCUT2D eigenvalue weighted by atomic mass is 10.1. The predicted molar refractivity (Wildman–Crippen MR) is 165 cm³/mol. The molecule has 6 heteroatoms. The summed E-state index contributed by atoms with van der Waals surface area (Å²) in [6.45, 7) is 4.64. The molecule has 2 heterocycles. The van der Waals surface area contributed by atoms with Crippen molar-refractivity contribution in [3.05, 3.63) is 131 Å². The Morgan fingerprint density at radius 1 is 0.875 bits per heavy atom. The standard InChI is InChI=1S/C34H29N3O2S/c1-23-20-27(24(2)37(23)31-15-9-11-26-10-7-8-14-30(26)31)21-32-33(38)36(22-25-16-18-29(39-3)19-17-25)34(40-32)35-28-12-5-4-6-13-28/h4-21H,22H2,1-3H3/b32-21+,35-34?. The van der Waals surface area contributed by atoms with E-state index in [-0.39, 0.29) is 5.91 Å². The summed E-state index contributed by atoms with van der Waals surface area (Å²) in [5.74, 6) is 0.733. The highest BCUT2D eigenvalue weighted by atomic mass is 32.2. The molecular formula is C34H29N3O2S. The highest BCUT2D eigenvalue weighted by Gasteiger charge is 2.34. The molecule has 0 radical (unpaired) electrons. The maximum atomic E-state index is 13.8. The van der Waals surface area contributed by atoms with Gasteiger partial charge in [0.2, 0.25) is 0 Å². The number of thioether (sulfide) groups is 1. The summed E-state index contributed by atoms with van der Waals surface area (Å²) in [6.07, 6.45) is 2.01. The first-order valence-corrected chi connectivity index (χ1v) is 14.0. The van der Waals surface area contributed by atoms with Gasteiger partial charge in [-0.1, -0.05) is 66.7 Å². The number of carbonyl (C=O) groups excluding carboxylic acids is 1. The molecule has 1 aliphatic rings. The van der Waals surface area contributed by atoms with Crippen molar-refractivity contribution in [3.8, 4) is 11.4 Å². The fourth-order valence-electron chi connectivity index (χ4n) is 5.11. The van der Waals surface area contributed by atoms with E-state index < -0.39 is 0 Å². The summed E-state index contributed by atoms with van der Waals surface area (Å²) in [4.78, 5) is 21.1. The maximum absolute atomic E-state index is 13.8. The molecule has 6 rings (SSSR count). The van der Waals surface area contributed by atoms with Crippen LogP contribution in [0, 0.1) is 13.8 Å². The van der Waals surface area contributed by atoms with Crippen LogP contribution < -0.4 is 4.74 Å². The van der Waals surface area contributed by atoms with Crippen molar-refractivity contribution in [3.63, 3.8) is 0 Å². The minimum atomic E-state index is -0.0505. The van der Waals surface area contributed by atoms with Gasteiger partial charge in [0.1, 0.15) is 5.75 Å². The van der Waals surface area contributed by atoms with E-state index >= 15 is 0 Å². The topological polar surface area (TPSA) is 46.8 Å². The van der Waals surface area contributed by atoms with Crippen LogP contribution in [0.15, 0.2) is 113 Å². The highest BCUT2D eigenvalue weighted by molar-refractivity contribution is 8.18. The molecule has 1 fully saturated rings. The Hall–Kier alpha value is -4.55. The number of aliphatic imine (C=N–C) groups is 1. The van der Waals surface area contributed by atoms with Gasteiger partial charge in [-0.25, -0.2) is 4.99 Å². The fraction of sp³-hybridized carbons (Fsp3) is 0.118. The van der Waals surface area contributed by atoms with E-state index in [1.165, 1.54) is 22.5 Å². The van der Waals surface area contributed by atoms with Crippen LogP contribution in [0.3, 0.4) is 0 Å². The molecule has 40 heavy (non-hydrogen) atoms. The predicted octanol–water partition coefficient (Wildman–Crippen LogP) is 8.06. The minimum absolute atomic E-state index is 0.0505. The van der Waals surface area contributed by atoms with E-state index in [1.807, 2.05) is 60.7 Å². The molecular weight excluding hydrogens is 514 g/mol. The molecule has 0 N–H and O–H groups in total. The van der Waals surface area contributed by atoms with E-state index in [0.29, 0.717) is 16.6 Å². The van der Waals surface area contributed by atoms with Gasteiger partial charge in [-0.2, -0.15) is 0 Å². The van der Waals surface area contributed by atoms with Gasteiger partial charge in [0.05, 0.1) is 29.9 Å². The van der Waals surface area contributed by atoms with Crippen LogP contribution in [0.5, 0.6) is 5.75 Å². The van der Waals surface area contributed by atoms with Crippen LogP contribution in [0.1, 0.15) is 22.5 Å². The number of para-hydroxylation sites is 1. The Kier molecular flexibility index (Phi) is 7.01. The molecule has 0 saturated carbocycles. The highest BCUT2D eigenvalue weighted by Crippen LogP contribution is 2.37. The van der Waals surface area contributed by atoms with Crippen LogP contribution in [0.2, 0.25) is 0 Å². The van der Waals surface area contributed by atoms with E-state index in [9.17, 15) is 4.79 Å². The molecule has 1 saturated heterocycles. The number of benzene rings is 4. The summed E-state index contributed by atoms with van der Waals surface area (Å²) in [5.41, 5.74) is 6.18. The molecule has 4 aromatic carbocycles. The first-order chi connectivity index (χ1) is 19.5. The normalized spacial score (nSPS) is 15.5. The first-order valence-electron chi connectivity index (χ1n) is 13.2. The number of methoxy groups -OCH3 is 1. The molecule has 1 amide bonds. The van der Waals surface area contributed by atoms with Crippen molar-refractivity contribution in [2.75, 3.05) is 7.11 Å². The molecule has 1 aliphatic heterocycles. The Bertz CT molecular complexity index is 1760. The Balaban J connectivity index is 1.38. The van der Waals surface area contributed by atoms with Crippen molar-refractivity contribution in [1.29, 1.82) is 0 Å². The van der Waals surface area contributed by atoms with Crippen LogP contribution >= 0.6 is 11.8 Å². The largest absolute Gasteiger partial charge is 0.497 e. The zero-order valence-electron chi connectivity index (χ0n) is 22.7. The lowest BCUT2D eigenvalue weighted by Crippen LogP contribution is -2.28. The molecule has 5 nitrogen and oxygen atoms in total. The number of amidine groups is 1. The quantitative estimate of drug-likeness (QED) is 0.204. The number of nitrogens with zero attached hydrogens (tertiary/aromatic N) is 3. The van der Waals surface area contributed by atoms with Gasteiger partial charge in [-0.05, 0) is 84.6 Å². The molecule has 1 aromatic heterocycles. The van der Waals surface area contributed by atoms with Gasteiger partial charge < -0.3 is 9.30 Å². The minimum Gasteiger partial charge on any atom is -0.497 e. The third-order valence-corrected chi connectivity index (χ3v) is 8.14. The van der Waals surface area contributed by atoms with Crippen molar-refractivity contribution in [1.82, 2.24) is 9.47 Å². The number of hydrogen-bond donors (Lipinski definition) is 0. The molecule has 0 bridgehead atoms. The fourth-order valence-corrected chi connectivity index (χ4v) is 6.10. The number of aromatic nitrogens is 1. The number of hydrogen-bond acceptors (Lipinski definition) is 4. The number of aryl methyl sites for hydroxylation is 1. The van der Waals surface area contributed by atoms with Crippen LogP contribution in [-0.2, 0) is 11.3 Å². The van der Waals surface area contributed by atoms with E-state index in [1.54, 1.807) is 12.0 Å². The Labute approximate surface area is 238 Å². The maximum Gasteiger partial charge on any atom is 0.267 e. The third kappa shape index (κ3) is 4.94. The van der Waals surface area contributed by atoms with Gasteiger partial charge in [-0.3, -0.25) is 9.69 Å². The lowest BCUT2D eigenvalue weighted by Gasteiger charge is -2.16. The second-order valence-corrected chi connectivity index (χ2v) is 10.7. The molecule has 5 aromatic rings. The van der Waals surface area contributed by atoms with Gasteiger partial charge >= 0.3 is 0 Å². The molecule has 0 spiro atoms. The molecule has 198 valence electrons. The summed E-state index contributed by atoms with van der Waals surface area (Å²) in [7, 11) is 1.65. The first kappa shape index (κ1) is 25.7. The number of rotatable bonds is 6. The van der Waals surface area contributed by atoms with E-state index in [4.69, 9.17) is 9.73 Å². The summed E-state index contributed by atoms with van der Waals surface area (Å²) >= 11 is 1.42. The lowest BCUT2D eigenvalue weighted by molar-refractivity contribution is -0.122. The van der Waals surface area contributed by atoms with Crippen LogP contribution in [0.25, 0.3) is 22.5 Å².